The Balaban J connectivity index is 2.05. The van der Waals surface area contributed by atoms with Gasteiger partial charge in [0.15, 0.2) is 0 Å². The van der Waals surface area contributed by atoms with Gasteiger partial charge in [-0.25, -0.2) is 0 Å². The topological polar surface area (TPSA) is 0 Å². The molecule has 0 fully saturated rings. The fourth-order valence-electron chi connectivity index (χ4n) is 3.39. The molecule has 110 valence electrons. The van der Waals surface area contributed by atoms with Gasteiger partial charge in [0.05, 0.1) is 0 Å². The maximum Gasteiger partial charge on any atom is -0.00940 e. The number of allylic oxidation sites excluding steroid dienone is 1. The van der Waals surface area contributed by atoms with Gasteiger partial charge in [-0.3, -0.25) is 0 Å². The third-order valence-electron chi connectivity index (χ3n) is 4.46. The Morgan fingerprint density at radius 3 is 2.26 bits per heavy atom. The van der Waals surface area contributed by atoms with E-state index in [9.17, 15) is 0 Å². The van der Waals surface area contributed by atoms with Gasteiger partial charge in [-0.2, -0.15) is 0 Å². The maximum absolute atomic E-state index is 3.89. The summed E-state index contributed by atoms with van der Waals surface area (Å²) in [5.41, 5.74) is 3.92. The van der Waals surface area contributed by atoms with Gasteiger partial charge in [-0.1, -0.05) is 84.9 Å². The molecule has 0 unspecified atom stereocenters. The van der Waals surface area contributed by atoms with Crippen molar-refractivity contribution in [3.8, 4) is 11.1 Å². The SMILES string of the molecule is C=CCc1ccccc1-c1cccc2c1ccc1ccccc12. The monoisotopic (exact) mass is 294 g/mol. The fourth-order valence-corrected chi connectivity index (χ4v) is 3.39. The summed E-state index contributed by atoms with van der Waals surface area (Å²) in [4.78, 5) is 0. The highest BCUT2D eigenvalue weighted by Gasteiger charge is 2.09. The van der Waals surface area contributed by atoms with Crippen LogP contribution in [0, 0.1) is 0 Å². The van der Waals surface area contributed by atoms with E-state index in [2.05, 4.69) is 85.4 Å². The van der Waals surface area contributed by atoms with Gasteiger partial charge >= 0.3 is 0 Å². The smallest absolute Gasteiger partial charge is 0.00940 e. The molecular weight excluding hydrogens is 276 g/mol. The lowest BCUT2D eigenvalue weighted by molar-refractivity contribution is 1.28. The van der Waals surface area contributed by atoms with Crippen LogP contribution in [-0.4, -0.2) is 0 Å². The maximum atomic E-state index is 3.89. The van der Waals surface area contributed by atoms with Crippen molar-refractivity contribution in [1.29, 1.82) is 0 Å². The molecule has 0 heterocycles. The molecule has 0 aliphatic heterocycles. The first-order valence-electron chi connectivity index (χ1n) is 7.98. The number of benzene rings is 4. The molecule has 4 aromatic carbocycles. The summed E-state index contributed by atoms with van der Waals surface area (Å²) in [6.07, 6.45) is 2.86. The second kappa shape index (κ2) is 5.73. The normalized spacial score (nSPS) is 11.0. The average Bonchev–Trinajstić information content (AvgIpc) is 2.62. The summed E-state index contributed by atoms with van der Waals surface area (Å²) in [6.45, 7) is 3.89. The summed E-state index contributed by atoms with van der Waals surface area (Å²) in [5.74, 6) is 0. The molecule has 0 aliphatic carbocycles. The Hall–Kier alpha value is -2.86. The van der Waals surface area contributed by atoms with Crippen LogP contribution in [0.4, 0.5) is 0 Å². The molecule has 0 spiro atoms. The van der Waals surface area contributed by atoms with E-state index in [1.807, 2.05) is 6.08 Å². The van der Waals surface area contributed by atoms with E-state index >= 15 is 0 Å². The molecule has 4 rings (SSSR count). The summed E-state index contributed by atoms with van der Waals surface area (Å²) in [5, 5.41) is 5.22. The quantitative estimate of drug-likeness (QED) is 0.303. The number of hydrogen-bond donors (Lipinski definition) is 0. The molecule has 0 aromatic heterocycles. The van der Waals surface area contributed by atoms with E-state index in [-0.39, 0.29) is 0 Å². The van der Waals surface area contributed by atoms with Crippen LogP contribution in [-0.2, 0) is 6.42 Å². The van der Waals surface area contributed by atoms with E-state index in [0.29, 0.717) is 0 Å². The Labute approximate surface area is 136 Å². The van der Waals surface area contributed by atoms with Crippen molar-refractivity contribution in [2.75, 3.05) is 0 Å². The molecule has 0 heteroatoms. The van der Waals surface area contributed by atoms with Crippen LogP contribution in [0.5, 0.6) is 0 Å². The van der Waals surface area contributed by atoms with Crippen molar-refractivity contribution in [1.82, 2.24) is 0 Å². The van der Waals surface area contributed by atoms with Gasteiger partial charge in [-0.15, -0.1) is 6.58 Å². The van der Waals surface area contributed by atoms with Gasteiger partial charge in [0.25, 0.3) is 0 Å². The van der Waals surface area contributed by atoms with Crippen molar-refractivity contribution in [3.05, 3.63) is 97.1 Å². The molecular formula is C23H18. The standard InChI is InChI=1S/C23H18/c1-2-8-17-9-3-5-11-19(17)21-13-7-14-22-20-12-6-4-10-18(20)15-16-23(21)22/h2-7,9-16H,1,8H2. The molecule has 0 atom stereocenters. The molecule has 0 N–H and O–H groups in total. The minimum absolute atomic E-state index is 0.889. The van der Waals surface area contributed by atoms with Gasteiger partial charge in [-0.05, 0) is 44.7 Å². The second-order valence-electron chi connectivity index (χ2n) is 5.84. The van der Waals surface area contributed by atoms with Crippen LogP contribution < -0.4 is 0 Å². The minimum Gasteiger partial charge on any atom is -0.103 e. The first kappa shape index (κ1) is 13.8. The highest BCUT2D eigenvalue weighted by atomic mass is 14.1. The summed E-state index contributed by atoms with van der Waals surface area (Å²) in [6, 6.07) is 28.3. The van der Waals surface area contributed by atoms with Crippen molar-refractivity contribution in [3.63, 3.8) is 0 Å². The van der Waals surface area contributed by atoms with Crippen LogP contribution in [0.25, 0.3) is 32.7 Å². The van der Waals surface area contributed by atoms with Crippen LogP contribution in [0.15, 0.2) is 91.5 Å². The first-order valence-corrected chi connectivity index (χ1v) is 7.98. The van der Waals surface area contributed by atoms with Crippen LogP contribution in [0.1, 0.15) is 5.56 Å². The predicted molar refractivity (Wildman–Crippen MR) is 101 cm³/mol. The number of fused-ring (bicyclic) bond motifs is 3. The Bertz CT molecular complexity index is 1010. The van der Waals surface area contributed by atoms with Crippen molar-refractivity contribution >= 4 is 21.5 Å². The lowest BCUT2D eigenvalue weighted by atomic mass is 9.91. The number of rotatable bonds is 3. The van der Waals surface area contributed by atoms with E-state index in [1.54, 1.807) is 0 Å². The molecule has 0 bridgehead atoms. The van der Waals surface area contributed by atoms with Crippen LogP contribution in [0.2, 0.25) is 0 Å². The minimum atomic E-state index is 0.889. The lowest BCUT2D eigenvalue weighted by Crippen LogP contribution is -1.89. The third kappa shape index (κ3) is 2.33. The Morgan fingerprint density at radius 1 is 0.609 bits per heavy atom. The van der Waals surface area contributed by atoms with Gasteiger partial charge in [0.1, 0.15) is 0 Å². The molecule has 0 saturated carbocycles. The highest BCUT2D eigenvalue weighted by molar-refractivity contribution is 6.12. The highest BCUT2D eigenvalue weighted by Crippen LogP contribution is 2.34. The zero-order valence-corrected chi connectivity index (χ0v) is 13.0. The summed E-state index contributed by atoms with van der Waals surface area (Å²) < 4.78 is 0. The van der Waals surface area contributed by atoms with E-state index in [0.717, 1.165) is 6.42 Å². The molecule has 0 saturated heterocycles. The number of hydrogen-bond acceptors (Lipinski definition) is 0. The van der Waals surface area contributed by atoms with Gasteiger partial charge < -0.3 is 0 Å². The van der Waals surface area contributed by atoms with Crippen LogP contribution in [0.3, 0.4) is 0 Å². The molecule has 4 aromatic rings. The van der Waals surface area contributed by atoms with E-state index < -0.39 is 0 Å². The zero-order chi connectivity index (χ0) is 15.6. The van der Waals surface area contributed by atoms with E-state index in [1.165, 1.54) is 38.2 Å². The average molecular weight is 294 g/mol. The van der Waals surface area contributed by atoms with Crippen LogP contribution >= 0.6 is 0 Å². The molecule has 23 heavy (non-hydrogen) atoms. The molecule has 0 nitrogen and oxygen atoms in total. The predicted octanol–water partition coefficient (Wildman–Crippen LogP) is 6.39. The molecule has 0 amide bonds. The largest absolute Gasteiger partial charge is 0.103 e. The molecule has 0 radical (unpaired) electrons. The third-order valence-corrected chi connectivity index (χ3v) is 4.46. The lowest BCUT2D eigenvalue weighted by Gasteiger charge is -2.12. The zero-order valence-electron chi connectivity index (χ0n) is 13.0. The first-order chi connectivity index (χ1) is 11.4. The summed E-state index contributed by atoms with van der Waals surface area (Å²) >= 11 is 0. The van der Waals surface area contributed by atoms with Gasteiger partial charge in [0, 0.05) is 0 Å². The molecule has 0 aliphatic rings. The van der Waals surface area contributed by atoms with Crippen molar-refractivity contribution in [2.24, 2.45) is 0 Å². The fraction of sp³-hybridized carbons (Fsp3) is 0.0435. The van der Waals surface area contributed by atoms with Crippen molar-refractivity contribution < 1.29 is 0 Å². The summed E-state index contributed by atoms with van der Waals surface area (Å²) in [7, 11) is 0. The van der Waals surface area contributed by atoms with Crippen molar-refractivity contribution in [2.45, 2.75) is 6.42 Å². The van der Waals surface area contributed by atoms with Gasteiger partial charge in [0.2, 0.25) is 0 Å². The Morgan fingerprint density at radius 2 is 1.35 bits per heavy atom. The van der Waals surface area contributed by atoms with E-state index in [4.69, 9.17) is 0 Å². The second-order valence-corrected chi connectivity index (χ2v) is 5.84. The Kier molecular flexibility index (Phi) is 3.44.